The van der Waals surface area contributed by atoms with Crippen LogP contribution in [0.3, 0.4) is 0 Å². The molecule has 136 valence electrons. The Hall–Kier alpha value is -2.56. The van der Waals surface area contributed by atoms with E-state index in [1.807, 2.05) is 12.1 Å². The van der Waals surface area contributed by atoms with E-state index in [4.69, 9.17) is 11.6 Å². The van der Waals surface area contributed by atoms with Crippen LogP contribution in [0.25, 0.3) is 0 Å². The van der Waals surface area contributed by atoms with Gasteiger partial charge in [-0.1, -0.05) is 73.2 Å². The highest BCUT2D eigenvalue weighted by Crippen LogP contribution is 2.14. The first kappa shape index (κ1) is 19.2. The maximum Gasteiger partial charge on any atom is 0.140 e. The molecule has 0 aromatic heterocycles. The third-order valence-electron chi connectivity index (χ3n) is 4.49. The van der Waals surface area contributed by atoms with Crippen molar-refractivity contribution in [3.63, 3.8) is 0 Å². The van der Waals surface area contributed by atoms with Crippen LogP contribution in [0.5, 0.6) is 0 Å². The van der Waals surface area contributed by atoms with Crippen LogP contribution in [-0.4, -0.2) is 0 Å². The molecule has 3 rings (SSSR count). The first-order valence-electron chi connectivity index (χ1n) is 9.28. The lowest BCUT2D eigenvalue weighted by atomic mass is 10.0. The molecule has 0 nitrogen and oxygen atoms in total. The fraction of sp³-hybridized carbons (Fsp3) is 0.200. The average molecular weight is 377 g/mol. The van der Waals surface area contributed by atoms with Gasteiger partial charge in [0.05, 0.1) is 5.56 Å². The lowest BCUT2D eigenvalue weighted by molar-refractivity contribution is 0.624. The van der Waals surface area contributed by atoms with Crippen molar-refractivity contribution in [2.24, 2.45) is 0 Å². The highest BCUT2D eigenvalue weighted by molar-refractivity contribution is 6.30. The average Bonchev–Trinajstić information content (AvgIpc) is 2.68. The standard InChI is InChI=1S/C25H22ClF/c1-2-3-19-4-6-20(7-5-19)8-9-21-10-12-22(13-11-21)14-15-23-16-17-24(26)18-25(23)27/h4-7,10-13,16-18H,2-3,8-9H2,1H3. The van der Waals surface area contributed by atoms with Gasteiger partial charge in [0, 0.05) is 10.6 Å². The summed E-state index contributed by atoms with van der Waals surface area (Å²) < 4.78 is 13.8. The summed E-state index contributed by atoms with van der Waals surface area (Å²) in [6.45, 7) is 2.20. The van der Waals surface area contributed by atoms with Crippen LogP contribution in [0.15, 0.2) is 66.7 Å². The minimum Gasteiger partial charge on any atom is -0.206 e. The number of halogens is 2. The van der Waals surface area contributed by atoms with Gasteiger partial charge in [-0.05, 0) is 66.3 Å². The third-order valence-corrected chi connectivity index (χ3v) is 4.73. The molecule has 3 aromatic carbocycles. The van der Waals surface area contributed by atoms with Crippen LogP contribution in [0.1, 0.15) is 41.2 Å². The third kappa shape index (κ3) is 5.71. The quantitative estimate of drug-likeness (QED) is 0.439. The summed E-state index contributed by atoms with van der Waals surface area (Å²) in [6.07, 6.45) is 4.34. The second-order valence-corrected chi connectivity index (χ2v) is 7.07. The molecule has 0 fully saturated rings. The van der Waals surface area contributed by atoms with E-state index >= 15 is 0 Å². The maximum absolute atomic E-state index is 13.8. The SMILES string of the molecule is CCCc1ccc(CCc2ccc(C#Cc3ccc(Cl)cc3F)cc2)cc1. The molecule has 0 N–H and O–H groups in total. The van der Waals surface area contributed by atoms with Gasteiger partial charge >= 0.3 is 0 Å². The number of hydrogen-bond acceptors (Lipinski definition) is 0. The first-order chi connectivity index (χ1) is 13.1. The van der Waals surface area contributed by atoms with E-state index in [1.165, 1.54) is 29.2 Å². The zero-order valence-electron chi connectivity index (χ0n) is 15.4. The van der Waals surface area contributed by atoms with Gasteiger partial charge in [0.2, 0.25) is 0 Å². The molecule has 27 heavy (non-hydrogen) atoms. The van der Waals surface area contributed by atoms with E-state index < -0.39 is 5.82 Å². The van der Waals surface area contributed by atoms with Gasteiger partial charge in [-0.25, -0.2) is 4.39 Å². The Morgan fingerprint density at radius 2 is 1.30 bits per heavy atom. The van der Waals surface area contributed by atoms with Gasteiger partial charge in [0.15, 0.2) is 0 Å². The van der Waals surface area contributed by atoms with Crippen LogP contribution in [0.2, 0.25) is 5.02 Å². The Balaban J connectivity index is 1.59. The zero-order valence-corrected chi connectivity index (χ0v) is 16.2. The van der Waals surface area contributed by atoms with Gasteiger partial charge < -0.3 is 0 Å². The topological polar surface area (TPSA) is 0 Å². The summed E-state index contributed by atoms with van der Waals surface area (Å²) >= 11 is 5.76. The molecule has 0 aliphatic heterocycles. The molecule has 0 heterocycles. The van der Waals surface area contributed by atoms with Crippen molar-refractivity contribution in [2.75, 3.05) is 0 Å². The number of rotatable bonds is 5. The predicted octanol–water partition coefficient (Wildman–Crippen LogP) is 6.62. The first-order valence-corrected chi connectivity index (χ1v) is 9.65. The summed E-state index contributed by atoms with van der Waals surface area (Å²) in [7, 11) is 0. The Bertz CT molecular complexity index is 944. The molecule has 2 heteroatoms. The largest absolute Gasteiger partial charge is 0.206 e. The minimum absolute atomic E-state index is 0.356. The monoisotopic (exact) mass is 376 g/mol. The van der Waals surface area contributed by atoms with Crippen LogP contribution < -0.4 is 0 Å². The van der Waals surface area contributed by atoms with Gasteiger partial charge in [0.1, 0.15) is 5.82 Å². The van der Waals surface area contributed by atoms with Gasteiger partial charge in [-0.3, -0.25) is 0 Å². The Morgan fingerprint density at radius 1 is 0.741 bits per heavy atom. The number of aryl methyl sites for hydroxylation is 3. The molecule has 0 aliphatic rings. The molecular weight excluding hydrogens is 355 g/mol. The van der Waals surface area contributed by atoms with E-state index in [-0.39, 0.29) is 0 Å². The lowest BCUT2D eigenvalue weighted by Gasteiger charge is -2.04. The van der Waals surface area contributed by atoms with Crippen molar-refractivity contribution in [2.45, 2.75) is 32.6 Å². The summed E-state index contributed by atoms with van der Waals surface area (Å²) in [5, 5.41) is 0.377. The molecule has 0 bridgehead atoms. The summed E-state index contributed by atoms with van der Waals surface area (Å²) in [5.74, 6) is 5.48. The molecule has 0 atom stereocenters. The zero-order chi connectivity index (χ0) is 19.1. The predicted molar refractivity (Wildman–Crippen MR) is 112 cm³/mol. The molecule has 0 spiro atoms. The number of hydrogen-bond donors (Lipinski definition) is 0. The Morgan fingerprint density at radius 3 is 1.85 bits per heavy atom. The maximum atomic E-state index is 13.8. The van der Waals surface area contributed by atoms with Crippen LogP contribution in [0, 0.1) is 17.7 Å². The van der Waals surface area contributed by atoms with E-state index in [0.29, 0.717) is 10.6 Å². The van der Waals surface area contributed by atoms with Crippen molar-refractivity contribution in [3.05, 3.63) is 105 Å². The number of benzene rings is 3. The fourth-order valence-electron chi connectivity index (χ4n) is 2.94. The second kappa shape index (κ2) is 9.40. The van der Waals surface area contributed by atoms with Crippen molar-refractivity contribution in [1.29, 1.82) is 0 Å². The van der Waals surface area contributed by atoms with Crippen molar-refractivity contribution in [3.8, 4) is 11.8 Å². The molecule has 0 aliphatic carbocycles. The summed E-state index contributed by atoms with van der Waals surface area (Å²) in [4.78, 5) is 0. The van der Waals surface area contributed by atoms with E-state index in [1.54, 1.807) is 12.1 Å². The van der Waals surface area contributed by atoms with Gasteiger partial charge in [0.25, 0.3) is 0 Å². The summed E-state index contributed by atoms with van der Waals surface area (Å²) in [6, 6.07) is 21.6. The van der Waals surface area contributed by atoms with Crippen molar-refractivity contribution >= 4 is 11.6 Å². The van der Waals surface area contributed by atoms with Gasteiger partial charge in [-0.2, -0.15) is 0 Å². The van der Waals surface area contributed by atoms with E-state index in [2.05, 4.69) is 55.2 Å². The van der Waals surface area contributed by atoms with Crippen LogP contribution >= 0.6 is 11.6 Å². The second-order valence-electron chi connectivity index (χ2n) is 6.64. The molecule has 0 unspecified atom stereocenters. The molecule has 0 amide bonds. The Labute approximate surface area is 166 Å². The van der Waals surface area contributed by atoms with E-state index in [0.717, 1.165) is 24.8 Å². The highest BCUT2D eigenvalue weighted by atomic mass is 35.5. The molecule has 0 saturated heterocycles. The molecule has 0 saturated carbocycles. The van der Waals surface area contributed by atoms with Crippen LogP contribution in [-0.2, 0) is 19.3 Å². The van der Waals surface area contributed by atoms with Crippen LogP contribution in [0.4, 0.5) is 4.39 Å². The minimum atomic E-state index is -0.392. The molecule has 0 radical (unpaired) electrons. The molecular formula is C25H22ClF. The van der Waals surface area contributed by atoms with E-state index in [9.17, 15) is 4.39 Å². The van der Waals surface area contributed by atoms with Crippen molar-refractivity contribution in [1.82, 2.24) is 0 Å². The Kier molecular flexibility index (Phi) is 6.69. The fourth-order valence-corrected chi connectivity index (χ4v) is 3.09. The summed E-state index contributed by atoms with van der Waals surface area (Å²) in [5.41, 5.74) is 5.26. The van der Waals surface area contributed by atoms with Crippen molar-refractivity contribution < 1.29 is 4.39 Å². The lowest BCUT2D eigenvalue weighted by Crippen LogP contribution is -1.92. The highest BCUT2D eigenvalue weighted by Gasteiger charge is 2.00. The molecule has 3 aromatic rings. The normalized spacial score (nSPS) is 10.3. The van der Waals surface area contributed by atoms with Gasteiger partial charge in [-0.15, -0.1) is 0 Å². The smallest absolute Gasteiger partial charge is 0.140 e.